The number of para-hydroxylation sites is 1. The number of fused-ring (bicyclic) bond motifs is 1. The molecule has 0 spiro atoms. The van der Waals surface area contributed by atoms with Gasteiger partial charge in [0.2, 0.25) is 0 Å². The van der Waals surface area contributed by atoms with E-state index in [0.717, 1.165) is 49.1 Å². The molecule has 5 nitrogen and oxygen atoms in total. The van der Waals surface area contributed by atoms with Gasteiger partial charge in [-0.2, -0.15) is 0 Å². The first-order valence-corrected chi connectivity index (χ1v) is 14.3. The molecule has 0 amide bonds. The zero-order valence-corrected chi connectivity index (χ0v) is 22.2. The van der Waals surface area contributed by atoms with E-state index in [1.54, 1.807) is 34.9 Å². The van der Waals surface area contributed by atoms with Crippen molar-refractivity contribution in [2.45, 2.75) is 21.8 Å². The summed E-state index contributed by atoms with van der Waals surface area (Å²) in [5.41, 5.74) is 2.27. The van der Waals surface area contributed by atoms with Crippen molar-refractivity contribution >= 4 is 61.0 Å². The van der Waals surface area contributed by atoms with E-state index >= 15 is 0 Å². The van der Waals surface area contributed by atoms with Crippen molar-refractivity contribution in [1.29, 1.82) is 0 Å². The fourth-order valence-corrected chi connectivity index (χ4v) is 6.51. The van der Waals surface area contributed by atoms with Gasteiger partial charge >= 0.3 is 0 Å². The fraction of sp³-hybridized carbons (Fsp3) is 0.160. The maximum atomic E-state index is 5.89. The average molecular weight is 570 g/mol. The third-order valence-corrected chi connectivity index (χ3v) is 8.55. The molecule has 0 saturated carbocycles. The number of hydrogen-bond donors (Lipinski definition) is 0. The second-order valence-electron chi connectivity index (χ2n) is 7.36. The highest BCUT2D eigenvalue weighted by Gasteiger charge is 2.15. The summed E-state index contributed by atoms with van der Waals surface area (Å²) in [7, 11) is 0. The van der Waals surface area contributed by atoms with Crippen LogP contribution in [0.5, 0.6) is 5.75 Å². The predicted octanol–water partition coefficient (Wildman–Crippen LogP) is 7.16. The van der Waals surface area contributed by atoms with Crippen molar-refractivity contribution in [2.75, 3.05) is 12.4 Å². The molecule has 0 aliphatic carbocycles. The largest absolute Gasteiger partial charge is 0.493 e. The zero-order valence-electron chi connectivity index (χ0n) is 18.1. The number of hydrogen-bond acceptors (Lipinski definition) is 7. The molecule has 2 aromatic heterocycles. The summed E-state index contributed by atoms with van der Waals surface area (Å²) in [5, 5.41) is 9.94. The first-order valence-electron chi connectivity index (χ1n) is 10.7. The van der Waals surface area contributed by atoms with Crippen LogP contribution in [0.2, 0.25) is 0 Å². The van der Waals surface area contributed by atoms with E-state index < -0.39 is 0 Å². The highest BCUT2D eigenvalue weighted by atomic mass is 79.9. The van der Waals surface area contributed by atoms with E-state index in [9.17, 15) is 0 Å². The number of rotatable bonds is 10. The summed E-state index contributed by atoms with van der Waals surface area (Å²) < 4.78 is 11.4. The molecular formula is C25H21BrN4OS3. The lowest BCUT2D eigenvalue weighted by molar-refractivity contribution is 0.343. The van der Waals surface area contributed by atoms with Crippen LogP contribution in [0, 0.1) is 0 Å². The van der Waals surface area contributed by atoms with Gasteiger partial charge in [0.1, 0.15) is 11.6 Å². The lowest BCUT2D eigenvalue weighted by atomic mass is 10.2. The maximum absolute atomic E-state index is 5.89. The quantitative estimate of drug-likeness (QED) is 0.131. The number of halogens is 1. The number of aromatic nitrogens is 4. The Balaban J connectivity index is 1.27. The van der Waals surface area contributed by atoms with Crippen molar-refractivity contribution in [3.05, 3.63) is 94.7 Å². The number of benzene rings is 3. The smallest absolute Gasteiger partial charge is 0.191 e. The molecule has 0 N–H and O–H groups in total. The summed E-state index contributed by atoms with van der Waals surface area (Å²) >= 11 is 8.58. The Morgan fingerprint density at radius 2 is 1.76 bits per heavy atom. The highest BCUT2D eigenvalue weighted by molar-refractivity contribution is 9.10. The van der Waals surface area contributed by atoms with Crippen LogP contribution < -0.4 is 4.74 Å². The molecule has 5 aromatic rings. The van der Waals surface area contributed by atoms with Gasteiger partial charge in [0, 0.05) is 10.2 Å². The van der Waals surface area contributed by atoms with Gasteiger partial charge in [0.05, 0.1) is 29.1 Å². The highest BCUT2D eigenvalue weighted by Crippen LogP contribution is 2.32. The normalized spacial score (nSPS) is 11.2. The Labute approximate surface area is 219 Å². The van der Waals surface area contributed by atoms with Crippen LogP contribution >= 0.6 is 50.8 Å². The van der Waals surface area contributed by atoms with E-state index in [1.807, 2.05) is 36.4 Å². The third-order valence-electron chi connectivity index (χ3n) is 4.96. The van der Waals surface area contributed by atoms with Crippen molar-refractivity contribution in [3.63, 3.8) is 0 Å². The van der Waals surface area contributed by atoms with Gasteiger partial charge in [-0.3, -0.25) is 0 Å². The molecule has 0 saturated heterocycles. The summed E-state index contributed by atoms with van der Waals surface area (Å²) in [5.74, 6) is 3.30. The van der Waals surface area contributed by atoms with Gasteiger partial charge in [-0.25, -0.2) is 4.98 Å². The minimum absolute atomic E-state index is 0.592. The molecule has 0 fully saturated rings. The zero-order chi connectivity index (χ0) is 23.2. The number of ether oxygens (including phenoxy) is 1. The Kier molecular flexibility index (Phi) is 7.85. The molecule has 0 radical (unpaired) electrons. The van der Waals surface area contributed by atoms with Gasteiger partial charge < -0.3 is 9.30 Å². The Morgan fingerprint density at radius 3 is 2.62 bits per heavy atom. The standard InChI is InChI=1S/C25H21BrN4OS3/c26-19-9-6-10-20(15-19)31-13-14-32-24-29-28-23(30(24)16-18-7-2-1-3-8-18)17-33-25-27-21-11-4-5-12-22(21)34-25/h1-12,15H,13-14,16-17H2. The van der Waals surface area contributed by atoms with Crippen molar-refractivity contribution in [3.8, 4) is 5.75 Å². The first-order chi connectivity index (χ1) is 16.7. The van der Waals surface area contributed by atoms with Gasteiger partial charge in [-0.15, -0.1) is 21.5 Å². The van der Waals surface area contributed by atoms with Crippen LogP contribution in [0.3, 0.4) is 0 Å². The fourth-order valence-electron chi connectivity index (χ4n) is 3.35. The summed E-state index contributed by atoms with van der Waals surface area (Å²) in [6.45, 7) is 1.33. The topological polar surface area (TPSA) is 52.8 Å². The minimum atomic E-state index is 0.592. The second-order valence-corrected chi connectivity index (χ2v) is 11.6. The van der Waals surface area contributed by atoms with Crippen LogP contribution in [0.4, 0.5) is 0 Å². The molecule has 0 atom stereocenters. The molecular weight excluding hydrogens is 548 g/mol. The molecule has 0 aliphatic heterocycles. The monoisotopic (exact) mass is 568 g/mol. The Morgan fingerprint density at radius 1 is 0.912 bits per heavy atom. The number of thioether (sulfide) groups is 2. The molecule has 0 unspecified atom stereocenters. The number of nitrogens with zero attached hydrogens (tertiary/aromatic N) is 4. The second kappa shape index (κ2) is 11.4. The van der Waals surface area contributed by atoms with Crippen LogP contribution in [0.1, 0.15) is 11.4 Å². The molecule has 172 valence electrons. The maximum Gasteiger partial charge on any atom is 0.191 e. The van der Waals surface area contributed by atoms with Gasteiger partial charge in [-0.1, -0.05) is 88.0 Å². The summed E-state index contributed by atoms with van der Waals surface area (Å²) in [4.78, 5) is 4.74. The van der Waals surface area contributed by atoms with E-state index in [2.05, 4.69) is 73.2 Å². The first kappa shape index (κ1) is 23.4. The summed E-state index contributed by atoms with van der Waals surface area (Å²) in [6, 6.07) is 26.6. The van der Waals surface area contributed by atoms with Crippen LogP contribution in [0.25, 0.3) is 10.2 Å². The lowest BCUT2D eigenvalue weighted by Gasteiger charge is -2.10. The van der Waals surface area contributed by atoms with Crippen molar-refractivity contribution in [1.82, 2.24) is 19.7 Å². The van der Waals surface area contributed by atoms with Crippen molar-refractivity contribution < 1.29 is 4.74 Å². The molecule has 5 rings (SSSR count). The molecule has 9 heteroatoms. The predicted molar refractivity (Wildman–Crippen MR) is 145 cm³/mol. The lowest BCUT2D eigenvalue weighted by Crippen LogP contribution is -2.07. The molecule has 3 aromatic carbocycles. The van der Waals surface area contributed by atoms with Gasteiger partial charge in [-0.05, 0) is 35.9 Å². The van der Waals surface area contributed by atoms with Crippen LogP contribution in [0.15, 0.2) is 92.8 Å². The average Bonchev–Trinajstić information content (AvgIpc) is 3.44. The molecule has 34 heavy (non-hydrogen) atoms. The SMILES string of the molecule is Brc1cccc(OCCSc2nnc(CSc3nc4ccccc4s3)n2Cc2ccccc2)c1. The van der Waals surface area contributed by atoms with Crippen LogP contribution in [-0.4, -0.2) is 32.1 Å². The Bertz CT molecular complexity index is 1340. The summed E-state index contributed by atoms with van der Waals surface area (Å²) in [6.07, 6.45) is 0. The third kappa shape index (κ3) is 6.02. The Hall–Kier alpha value is -2.33. The van der Waals surface area contributed by atoms with E-state index in [4.69, 9.17) is 9.72 Å². The van der Waals surface area contributed by atoms with Crippen LogP contribution in [-0.2, 0) is 12.3 Å². The van der Waals surface area contributed by atoms with Crippen molar-refractivity contribution in [2.24, 2.45) is 0 Å². The van der Waals surface area contributed by atoms with E-state index in [-0.39, 0.29) is 0 Å². The van der Waals surface area contributed by atoms with Gasteiger partial charge in [0.15, 0.2) is 9.50 Å². The molecule has 2 heterocycles. The van der Waals surface area contributed by atoms with Gasteiger partial charge in [0.25, 0.3) is 0 Å². The molecule has 0 aliphatic rings. The minimum Gasteiger partial charge on any atom is -0.493 e. The van der Waals surface area contributed by atoms with E-state index in [0.29, 0.717) is 6.61 Å². The number of thiazole rings is 1. The molecule has 0 bridgehead atoms. The van der Waals surface area contributed by atoms with E-state index in [1.165, 1.54) is 10.3 Å².